The van der Waals surface area contributed by atoms with Crippen LogP contribution in [-0.4, -0.2) is 31.4 Å². The molecule has 6 saturated carbocycles. The molecule has 6 fully saturated rings. The van der Waals surface area contributed by atoms with E-state index in [-0.39, 0.29) is 36.7 Å². The zero-order chi connectivity index (χ0) is 21.8. The van der Waals surface area contributed by atoms with Crippen molar-refractivity contribution >= 4 is 11.9 Å². The highest BCUT2D eigenvalue weighted by molar-refractivity contribution is 5.76. The molecule has 5 heteroatoms. The first-order valence-electron chi connectivity index (χ1n) is 12.7. The Morgan fingerprint density at radius 1 is 0.903 bits per heavy atom. The Kier molecular flexibility index (Phi) is 5.64. The molecular weight excluding hydrogens is 392 g/mol. The van der Waals surface area contributed by atoms with Gasteiger partial charge < -0.3 is 14.2 Å². The van der Waals surface area contributed by atoms with E-state index in [1.807, 2.05) is 20.8 Å². The number of carbonyl (C=O) groups is 2. The van der Waals surface area contributed by atoms with Gasteiger partial charge in [0.15, 0.2) is 6.79 Å². The quantitative estimate of drug-likeness (QED) is 0.303. The Labute approximate surface area is 186 Å². The molecule has 0 aliphatic heterocycles. The number of rotatable bonds is 8. The van der Waals surface area contributed by atoms with Crippen molar-refractivity contribution in [1.29, 1.82) is 0 Å². The number of ether oxygens (including phenoxy) is 3. The molecule has 4 unspecified atom stereocenters. The fourth-order valence-corrected chi connectivity index (χ4v) is 8.07. The minimum atomic E-state index is -0.469. The lowest BCUT2D eigenvalue weighted by molar-refractivity contribution is -0.177. The second-order valence-corrected chi connectivity index (χ2v) is 12.4. The van der Waals surface area contributed by atoms with Crippen LogP contribution in [0.1, 0.15) is 85.0 Å². The summed E-state index contributed by atoms with van der Waals surface area (Å²) >= 11 is 0. The van der Waals surface area contributed by atoms with E-state index < -0.39 is 5.41 Å². The molecule has 6 bridgehead atoms. The Morgan fingerprint density at radius 2 is 1.55 bits per heavy atom. The molecule has 5 nitrogen and oxygen atoms in total. The van der Waals surface area contributed by atoms with Gasteiger partial charge in [-0.1, -0.05) is 6.92 Å². The summed E-state index contributed by atoms with van der Waals surface area (Å²) in [5.74, 6) is 2.85. The number of hydrogen-bond acceptors (Lipinski definition) is 5. The number of fused-ring (bicyclic) bond motifs is 2. The van der Waals surface area contributed by atoms with Crippen molar-refractivity contribution in [3.63, 3.8) is 0 Å². The summed E-state index contributed by atoms with van der Waals surface area (Å²) in [5, 5.41) is 0. The van der Waals surface area contributed by atoms with Crippen LogP contribution >= 0.6 is 0 Å². The third kappa shape index (κ3) is 4.16. The average molecular weight is 433 g/mol. The van der Waals surface area contributed by atoms with Gasteiger partial charge in [0.1, 0.15) is 6.10 Å². The molecule has 0 aromatic rings. The standard InChI is InChI=1S/C26H40O5/c1-4-25(2,3)24(28)31-22-10-16-8-20(22)21(9-16)23(27)30-15-29-14-26-11-17-5-18(12-26)7-19(6-17)13-26/h16-22H,4-15H2,1-3H3. The first-order valence-corrected chi connectivity index (χ1v) is 12.7. The van der Waals surface area contributed by atoms with Gasteiger partial charge in [-0.3, -0.25) is 9.59 Å². The first-order chi connectivity index (χ1) is 14.8. The summed E-state index contributed by atoms with van der Waals surface area (Å²) < 4.78 is 17.4. The summed E-state index contributed by atoms with van der Waals surface area (Å²) in [4.78, 5) is 25.3. The number of esters is 2. The highest BCUT2D eigenvalue weighted by Gasteiger charge is 2.53. The van der Waals surface area contributed by atoms with Gasteiger partial charge in [0.2, 0.25) is 0 Å². The van der Waals surface area contributed by atoms with E-state index in [4.69, 9.17) is 14.2 Å². The molecule has 0 aromatic carbocycles. The molecule has 4 atom stereocenters. The van der Waals surface area contributed by atoms with Gasteiger partial charge >= 0.3 is 11.9 Å². The maximum absolute atomic E-state index is 12.8. The molecule has 6 aliphatic carbocycles. The summed E-state index contributed by atoms with van der Waals surface area (Å²) in [5.41, 5.74) is -0.123. The molecule has 0 saturated heterocycles. The number of hydrogen-bond donors (Lipinski definition) is 0. The Hall–Kier alpha value is -1.10. The van der Waals surface area contributed by atoms with E-state index in [1.165, 1.54) is 38.5 Å². The molecule has 0 amide bonds. The van der Waals surface area contributed by atoms with Gasteiger partial charge in [-0.05, 0) is 107 Å². The Balaban J connectivity index is 1.09. The summed E-state index contributed by atoms with van der Waals surface area (Å²) in [6.45, 7) is 6.67. The van der Waals surface area contributed by atoms with Gasteiger partial charge in [0.05, 0.1) is 17.9 Å². The molecule has 6 rings (SSSR count). The van der Waals surface area contributed by atoms with E-state index in [1.54, 1.807) is 0 Å². The summed E-state index contributed by atoms with van der Waals surface area (Å²) in [6, 6.07) is 0. The summed E-state index contributed by atoms with van der Waals surface area (Å²) in [6.07, 6.45) is 11.5. The van der Waals surface area contributed by atoms with E-state index in [0.717, 1.165) is 50.0 Å². The van der Waals surface area contributed by atoms with Crippen LogP contribution in [-0.2, 0) is 23.8 Å². The molecule has 6 aliphatic rings. The molecule has 0 radical (unpaired) electrons. The van der Waals surface area contributed by atoms with Crippen molar-refractivity contribution in [2.24, 2.45) is 46.3 Å². The van der Waals surface area contributed by atoms with Crippen LogP contribution < -0.4 is 0 Å². The topological polar surface area (TPSA) is 61.8 Å². The third-order valence-electron chi connectivity index (χ3n) is 9.61. The fraction of sp³-hybridized carbons (Fsp3) is 0.923. The average Bonchev–Trinajstić information content (AvgIpc) is 3.30. The lowest BCUT2D eigenvalue weighted by atomic mass is 9.50. The molecule has 0 heterocycles. The maximum atomic E-state index is 12.8. The minimum Gasteiger partial charge on any atom is -0.462 e. The molecule has 0 aromatic heterocycles. The lowest BCUT2D eigenvalue weighted by Gasteiger charge is -2.56. The highest BCUT2D eigenvalue weighted by atomic mass is 16.7. The van der Waals surface area contributed by atoms with Crippen LogP contribution in [0.25, 0.3) is 0 Å². The molecule has 31 heavy (non-hydrogen) atoms. The van der Waals surface area contributed by atoms with Crippen LogP contribution in [0.4, 0.5) is 0 Å². The maximum Gasteiger partial charge on any atom is 0.311 e. The van der Waals surface area contributed by atoms with Crippen LogP contribution in [0.5, 0.6) is 0 Å². The van der Waals surface area contributed by atoms with Crippen LogP contribution in [0.2, 0.25) is 0 Å². The molecular formula is C26H40O5. The Morgan fingerprint density at radius 3 is 2.13 bits per heavy atom. The van der Waals surface area contributed by atoms with Crippen molar-refractivity contribution in [3.05, 3.63) is 0 Å². The van der Waals surface area contributed by atoms with Gasteiger partial charge in [-0.25, -0.2) is 0 Å². The van der Waals surface area contributed by atoms with E-state index >= 15 is 0 Å². The van der Waals surface area contributed by atoms with Crippen molar-refractivity contribution < 1.29 is 23.8 Å². The lowest BCUT2D eigenvalue weighted by Crippen LogP contribution is -2.48. The van der Waals surface area contributed by atoms with Crippen LogP contribution in [0.3, 0.4) is 0 Å². The van der Waals surface area contributed by atoms with Gasteiger partial charge in [0, 0.05) is 5.92 Å². The monoisotopic (exact) mass is 432 g/mol. The van der Waals surface area contributed by atoms with Crippen molar-refractivity contribution in [3.8, 4) is 0 Å². The van der Waals surface area contributed by atoms with Gasteiger partial charge in [-0.2, -0.15) is 0 Å². The largest absolute Gasteiger partial charge is 0.462 e. The van der Waals surface area contributed by atoms with Crippen LogP contribution in [0.15, 0.2) is 0 Å². The first kappa shape index (κ1) is 21.7. The predicted molar refractivity (Wildman–Crippen MR) is 116 cm³/mol. The normalized spacial score (nSPS) is 42.7. The third-order valence-corrected chi connectivity index (χ3v) is 9.61. The summed E-state index contributed by atoms with van der Waals surface area (Å²) in [7, 11) is 0. The van der Waals surface area contributed by atoms with Crippen LogP contribution in [0, 0.1) is 46.3 Å². The zero-order valence-electron chi connectivity index (χ0n) is 19.6. The van der Waals surface area contributed by atoms with E-state index in [9.17, 15) is 9.59 Å². The Bertz CT molecular complexity index is 677. The second-order valence-electron chi connectivity index (χ2n) is 12.4. The van der Waals surface area contributed by atoms with Crippen molar-refractivity contribution in [1.82, 2.24) is 0 Å². The number of carbonyl (C=O) groups excluding carboxylic acids is 2. The van der Waals surface area contributed by atoms with E-state index in [2.05, 4.69) is 0 Å². The van der Waals surface area contributed by atoms with E-state index in [0.29, 0.717) is 11.3 Å². The zero-order valence-corrected chi connectivity index (χ0v) is 19.6. The molecule has 0 N–H and O–H groups in total. The second kappa shape index (κ2) is 8.04. The smallest absolute Gasteiger partial charge is 0.311 e. The van der Waals surface area contributed by atoms with Crippen molar-refractivity contribution in [2.75, 3.05) is 13.4 Å². The SMILES string of the molecule is CCC(C)(C)C(=O)OC1CC2CC(C(=O)OCOCC34CC5CC(CC(C5)C3)C4)C1C2. The highest BCUT2D eigenvalue weighted by Crippen LogP contribution is 2.60. The minimum absolute atomic E-state index is 0.0712. The fourth-order valence-electron chi connectivity index (χ4n) is 8.07. The predicted octanol–water partition coefficient (Wildman–Crippen LogP) is 5.11. The van der Waals surface area contributed by atoms with Gasteiger partial charge in [0.25, 0.3) is 0 Å². The molecule has 0 spiro atoms. The van der Waals surface area contributed by atoms with Gasteiger partial charge in [-0.15, -0.1) is 0 Å². The van der Waals surface area contributed by atoms with Crippen molar-refractivity contribution in [2.45, 2.75) is 91.1 Å². The molecule has 174 valence electrons.